The van der Waals surface area contributed by atoms with Crippen LogP contribution in [0.3, 0.4) is 0 Å². The molecular formula is C14H14O3. The normalized spacial score (nSPS) is 16.9. The molecule has 0 N–H and O–H groups in total. The van der Waals surface area contributed by atoms with Gasteiger partial charge in [0.1, 0.15) is 5.76 Å². The Bertz CT molecular complexity index is 519. The number of ether oxygens (including phenoxy) is 1. The fraction of sp³-hybridized carbons (Fsp3) is 0.286. The molecule has 17 heavy (non-hydrogen) atoms. The lowest BCUT2D eigenvalue weighted by Gasteiger charge is -2.13. The van der Waals surface area contributed by atoms with Gasteiger partial charge in [-0.3, -0.25) is 4.79 Å². The third-order valence-corrected chi connectivity index (χ3v) is 2.62. The van der Waals surface area contributed by atoms with Crippen LogP contribution in [0, 0.1) is 5.41 Å². The fourth-order valence-corrected chi connectivity index (χ4v) is 1.53. The van der Waals surface area contributed by atoms with E-state index in [-0.39, 0.29) is 5.78 Å². The van der Waals surface area contributed by atoms with Crippen molar-refractivity contribution >= 4 is 17.5 Å². The number of hydrogen-bond acceptors (Lipinski definition) is 3. The van der Waals surface area contributed by atoms with Crippen molar-refractivity contribution in [2.45, 2.75) is 20.8 Å². The molecule has 0 saturated heterocycles. The van der Waals surface area contributed by atoms with Crippen LogP contribution in [-0.4, -0.2) is 11.8 Å². The van der Waals surface area contributed by atoms with E-state index < -0.39 is 11.4 Å². The molecule has 1 aromatic carbocycles. The summed E-state index contributed by atoms with van der Waals surface area (Å²) in [5.74, 6) is -0.101. The van der Waals surface area contributed by atoms with Gasteiger partial charge in [-0.1, -0.05) is 39.0 Å². The summed E-state index contributed by atoms with van der Waals surface area (Å²) in [6.07, 6.45) is 1.41. The first-order valence-electron chi connectivity index (χ1n) is 5.47. The van der Waals surface area contributed by atoms with Gasteiger partial charge in [-0.2, -0.15) is 0 Å². The quantitative estimate of drug-likeness (QED) is 0.550. The number of cyclic esters (lactones) is 1. The molecular weight excluding hydrogens is 216 g/mol. The SMILES string of the molecule is CC(C)(C)C(=O)/C=C1/OC(=O)c2ccccc21. The molecule has 0 fully saturated rings. The molecule has 3 nitrogen and oxygen atoms in total. The molecule has 1 heterocycles. The number of ketones is 1. The summed E-state index contributed by atoms with van der Waals surface area (Å²) in [6, 6.07) is 7.06. The Kier molecular flexibility index (Phi) is 2.62. The van der Waals surface area contributed by atoms with Crippen LogP contribution < -0.4 is 0 Å². The summed E-state index contributed by atoms with van der Waals surface area (Å²) in [6.45, 7) is 5.49. The minimum Gasteiger partial charge on any atom is -0.422 e. The van der Waals surface area contributed by atoms with Crippen LogP contribution in [-0.2, 0) is 9.53 Å². The standard InChI is InChI=1S/C14H14O3/c1-14(2,3)12(15)8-11-9-6-4-5-7-10(9)13(16)17-11/h4-8H,1-3H3/b11-8+. The number of benzene rings is 1. The Morgan fingerprint density at radius 2 is 1.76 bits per heavy atom. The molecule has 1 aliphatic heterocycles. The van der Waals surface area contributed by atoms with Crippen LogP contribution in [0.15, 0.2) is 30.3 Å². The van der Waals surface area contributed by atoms with Gasteiger partial charge in [0.05, 0.1) is 5.56 Å². The molecule has 0 aliphatic carbocycles. The van der Waals surface area contributed by atoms with Crippen molar-refractivity contribution < 1.29 is 14.3 Å². The van der Waals surface area contributed by atoms with Crippen LogP contribution >= 0.6 is 0 Å². The van der Waals surface area contributed by atoms with Gasteiger partial charge in [0.2, 0.25) is 0 Å². The Labute approximate surface area is 100 Å². The molecule has 0 atom stereocenters. The maximum absolute atomic E-state index is 11.9. The van der Waals surface area contributed by atoms with E-state index in [4.69, 9.17) is 4.74 Å². The second-order valence-corrected chi connectivity index (χ2v) is 5.06. The van der Waals surface area contributed by atoms with Gasteiger partial charge in [-0.05, 0) is 6.07 Å². The van der Waals surface area contributed by atoms with Crippen molar-refractivity contribution in [3.63, 3.8) is 0 Å². The number of esters is 1. The van der Waals surface area contributed by atoms with Crippen LogP contribution in [0.25, 0.3) is 5.76 Å². The maximum Gasteiger partial charge on any atom is 0.344 e. The van der Waals surface area contributed by atoms with E-state index in [1.165, 1.54) is 6.08 Å². The first kappa shape index (κ1) is 11.6. The Hall–Kier alpha value is -1.90. The van der Waals surface area contributed by atoms with Crippen LogP contribution in [0.5, 0.6) is 0 Å². The molecule has 2 rings (SSSR count). The van der Waals surface area contributed by atoms with E-state index in [1.807, 2.05) is 26.8 Å². The smallest absolute Gasteiger partial charge is 0.344 e. The molecule has 3 heteroatoms. The minimum atomic E-state index is -0.475. The maximum atomic E-state index is 11.9. The summed E-state index contributed by atoms with van der Waals surface area (Å²) >= 11 is 0. The first-order chi connectivity index (χ1) is 7.89. The van der Waals surface area contributed by atoms with Gasteiger partial charge in [-0.15, -0.1) is 0 Å². The highest BCUT2D eigenvalue weighted by Gasteiger charge is 2.28. The zero-order valence-corrected chi connectivity index (χ0v) is 10.1. The summed E-state index contributed by atoms with van der Waals surface area (Å²) in [5, 5.41) is 0. The summed E-state index contributed by atoms with van der Waals surface area (Å²) in [5.41, 5.74) is 0.729. The van der Waals surface area contributed by atoms with E-state index >= 15 is 0 Å². The molecule has 1 aromatic rings. The lowest BCUT2D eigenvalue weighted by Crippen LogP contribution is -2.17. The second-order valence-electron chi connectivity index (χ2n) is 5.06. The van der Waals surface area contributed by atoms with Gasteiger partial charge < -0.3 is 4.74 Å². The molecule has 88 valence electrons. The van der Waals surface area contributed by atoms with Crippen LogP contribution in [0.2, 0.25) is 0 Å². The second kappa shape index (κ2) is 3.84. The Balaban J connectivity index is 2.42. The van der Waals surface area contributed by atoms with E-state index in [9.17, 15) is 9.59 Å². The molecule has 0 bridgehead atoms. The highest BCUT2D eigenvalue weighted by Crippen LogP contribution is 2.30. The third-order valence-electron chi connectivity index (χ3n) is 2.62. The lowest BCUT2D eigenvalue weighted by atomic mass is 9.90. The fourth-order valence-electron chi connectivity index (χ4n) is 1.53. The van der Waals surface area contributed by atoms with Crippen molar-refractivity contribution in [3.05, 3.63) is 41.5 Å². The number of carbonyl (C=O) groups is 2. The predicted octanol–water partition coefficient (Wildman–Crippen LogP) is 2.81. The summed E-state index contributed by atoms with van der Waals surface area (Å²) in [4.78, 5) is 23.4. The number of rotatable bonds is 1. The molecule has 1 aliphatic rings. The average molecular weight is 230 g/mol. The highest BCUT2D eigenvalue weighted by atomic mass is 16.5. The zero-order chi connectivity index (χ0) is 12.6. The van der Waals surface area contributed by atoms with Crippen molar-refractivity contribution in [1.29, 1.82) is 0 Å². The average Bonchev–Trinajstić information content (AvgIpc) is 2.56. The molecule has 0 saturated carbocycles. The first-order valence-corrected chi connectivity index (χ1v) is 5.47. The lowest BCUT2D eigenvalue weighted by molar-refractivity contribution is -0.121. The topological polar surface area (TPSA) is 43.4 Å². The van der Waals surface area contributed by atoms with Gasteiger partial charge in [0, 0.05) is 17.1 Å². The zero-order valence-electron chi connectivity index (χ0n) is 10.1. The van der Waals surface area contributed by atoms with Gasteiger partial charge in [0.15, 0.2) is 5.78 Å². The van der Waals surface area contributed by atoms with Gasteiger partial charge >= 0.3 is 5.97 Å². The molecule has 0 spiro atoms. The monoisotopic (exact) mass is 230 g/mol. The van der Waals surface area contributed by atoms with Crippen molar-refractivity contribution in [1.82, 2.24) is 0 Å². The van der Waals surface area contributed by atoms with Crippen molar-refractivity contribution in [2.75, 3.05) is 0 Å². The van der Waals surface area contributed by atoms with Crippen LogP contribution in [0.4, 0.5) is 0 Å². The number of fused-ring (bicyclic) bond motifs is 1. The summed E-state index contributed by atoms with van der Waals surface area (Å²) < 4.78 is 5.10. The molecule has 0 unspecified atom stereocenters. The van der Waals surface area contributed by atoms with Crippen LogP contribution in [0.1, 0.15) is 36.7 Å². The van der Waals surface area contributed by atoms with Crippen molar-refractivity contribution in [2.24, 2.45) is 5.41 Å². The van der Waals surface area contributed by atoms with E-state index in [1.54, 1.807) is 18.2 Å². The largest absolute Gasteiger partial charge is 0.422 e. The molecule has 0 aromatic heterocycles. The van der Waals surface area contributed by atoms with Gasteiger partial charge in [0.25, 0.3) is 0 Å². The number of carbonyl (C=O) groups excluding carboxylic acids is 2. The van der Waals surface area contributed by atoms with E-state index in [0.717, 1.165) is 0 Å². The Morgan fingerprint density at radius 1 is 1.18 bits per heavy atom. The molecule has 0 amide bonds. The molecule has 0 radical (unpaired) electrons. The Morgan fingerprint density at radius 3 is 2.35 bits per heavy atom. The highest BCUT2D eigenvalue weighted by molar-refractivity contribution is 6.08. The predicted molar refractivity (Wildman–Crippen MR) is 64.3 cm³/mol. The third kappa shape index (κ3) is 2.13. The minimum absolute atomic E-state index is 0.0583. The number of hydrogen-bond donors (Lipinski definition) is 0. The summed E-state index contributed by atoms with van der Waals surface area (Å²) in [7, 11) is 0. The number of allylic oxidation sites excluding steroid dienone is 1. The van der Waals surface area contributed by atoms with E-state index in [0.29, 0.717) is 16.9 Å². The van der Waals surface area contributed by atoms with Gasteiger partial charge in [-0.25, -0.2) is 4.79 Å². The van der Waals surface area contributed by atoms with E-state index in [2.05, 4.69) is 0 Å². The van der Waals surface area contributed by atoms with Crippen molar-refractivity contribution in [3.8, 4) is 0 Å².